The zero-order valence-electron chi connectivity index (χ0n) is 17.8. The average molecular weight is 423 g/mol. The Bertz CT molecular complexity index is 976. The number of hydrogen-bond donors (Lipinski definition) is 2. The first-order valence-electron chi connectivity index (χ1n) is 10.2. The van der Waals surface area contributed by atoms with Crippen LogP contribution in [0.5, 0.6) is 17.4 Å². The van der Waals surface area contributed by atoms with Gasteiger partial charge in [0.2, 0.25) is 5.88 Å². The highest BCUT2D eigenvalue weighted by Gasteiger charge is 2.06. The first-order chi connectivity index (χ1) is 15.2. The minimum atomic E-state index is -0.224. The molecule has 7 heteroatoms. The van der Waals surface area contributed by atoms with E-state index in [0.29, 0.717) is 43.0 Å². The minimum absolute atomic E-state index is 0.224. The summed E-state index contributed by atoms with van der Waals surface area (Å²) < 4.78 is 24.4. The van der Waals surface area contributed by atoms with Crippen molar-refractivity contribution in [2.75, 3.05) is 20.2 Å². The number of benzene rings is 2. The molecule has 1 heterocycles. The molecule has 162 valence electrons. The number of halogens is 1. The highest BCUT2D eigenvalue weighted by atomic mass is 19.1. The van der Waals surface area contributed by atoms with Crippen LogP contribution in [0.25, 0.3) is 0 Å². The maximum absolute atomic E-state index is 13.0. The van der Waals surface area contributed by atoms with Gasteiger partial charge in [-0.25, -0.2) is 9.37 Å². The molecule has 0 bridgehead atoms. The fourth-order valence-corrected chi connectivity index (χ4v) is 2.88. The van der Waals surface area contributed by atoms with Gasteiger partial charge in [0.15, 0.2) is 17.5 Å². The van der Waals surface area contributed by atoms with Crippen molar-refractivity contribution in [1.82, 2.24) is 15.6 Å². The summed E-state index contributed by atoms with van der Waals surface area (Å²) >= 11 is 0. The van der Waals surface area contributed by atoms with Gasteiger partial charge in [0.1, 0.15) is 5.82 Å². The Morgan fingerprint density at radius 2 is 1.71 bits per heavy atom. The molecular weight excluding hydrogens is 395 g/mol. The first-order valence-corrected chi connectivity index (χ1v) is 10.2. The van der Waals surface area contributed by atoms with E-state index in [-0.39, 0.29) is 5.82 Å². The Morgan fingerprint density at radius 3 is 2.39 bits per heavy atom. The van der Waals surface area contributed by atoms with Crippen molar-refractivity contribution in [1.29, 1.82) is 0 Å². The lowest BCUT2D eigenvalue weighted by Crippen LogP contribution is -2.37. The van der Waals surface area contributed by atoms with E-state index in [1.165, 1.54) is 12.1 Å². The summed E-state index contributed by atoms with van der Waals surface area (Å²) in [7, 11) is 1.72. The fourth-order valence-electron chi connectivity index (χ4n) is 2.88. The molecule has 31 heavy (non-hydrogen) atoms. The summed E-state index contributed by atoms with van der Waals surface area (Å²) in [6, 6.07) is 17.8. The van der Waals surface area contributed by atoms with Crippen molar-refractivity contribution in [3.8, 4) is 17.4 Å². The summed E-state index contributed by atoms with van der Waals surface area (Å²) in [5.41, 5.74) is 2.06. The van der Waals surface area contributed by atoms with Crippen LogP contribution < -0.4 is 20.1 Å². The Morgan fingerprint density at radius 1 is 0.968 bits per heavy atom. The number of ether oxygens (including phenoxy) is 2. The first kappa shape index (κ1) is 22.1. The van der Waals surface area contributed by atoms with Gasteiger partial charge in [0.05, 0.1) is 6.61 Å². The summed E-state index contributed by atoms with van der Waals surface area (Å²) in [4.78, 5) is 8.60. The number of rotatable bonds is 9. The summed E-state index contributed by atoms with van der Waals surface area (Å²) in [5.74, 6) is 2.28. The molecule has 0 unspecified atom stereocenters. The number of para-hydroxylation sites is 2. The topological polar surface area (TPSA) is 67.8 Å². The molecule has 0 aliphatic heterocycles. The summed E-state index contributed by atoms with van der Waals surface area (Å²) in [6.45, 7) is 3.76. The second-order valence-electron chi connectivity index (χ2n) is 6.72. The third kappa shape index (κ3) is 6.99. The molecule has 0 aliphatic carbocycles. The average Bonchev–Trinajstić information content (AvgIpc) is 2.80. The molecule has 0 amide bonds. The Labute approximate surface area is 182 Å². The number of aliphatic imine (C=N–C) groups is 1. The third-order valence-corrected chi connectivity index (χ3v) is 4.46. The van der Waals surface area contributed by atoms with Crippen LogP contribution in [0.3, 0.4) is 0 Å². The minimum Gasteiger partial charge on any atom is -0.490 e. The van der Waals surface area contributed by atoms with Gasteiger partial charge in [0, 0.05) is 32.4 Å². The van der Waals surface area contributed by atoms with Crippen LogP contribution in [-0.2, 0) is 13.0 Å². The van der Waals surface area contributed by atoms with Crippen LogP contribution in [-0.4, -0.2) is 31.1 Å². The molecule has 0 spiro atoms. The largest absolute Gasteiger partial charge is 0.490 e. The van der Waals surface area contributed by atoms with E-state index >= 15 is 0 Å². The molecule has 2 N–H and O–H groups in total. The number of hydrogen-bond acceptors (Lipinski definition) is 4. The third-order valence-electron chi connectivity index (χ3n) is 4.46. The second kappa shape index (κ2) is 11.5. The normalized spacial score (nSPS) is 11.1. The number of aromatic nitrogens is 1. The highest BCUT2D eigenvalue weighted by Crippen LogP contribution is 2.30. The van der Waals surface area contributed by atoms with Crippen molar-refractivity contribution in [2.24, 2.45) is 4.99 Å². The van der Waals surface area contributed by atoms with E-state index in [2.05, 4.69) is 20.6 Å². The zero-order chi connectivity index (χ0) is 21.9. The van der Waals surface area contributed by atoms with Gasteiger partial charge >= 0.3 is 0 Å². The van der Waals surface area contributed by atoms with Crippen LogP contribution in [0.15, 0.2) is 71.9 Å². The molecule has 0 fully saturated rings. The van der Waals surface area contributed by atoms with Gasteiger partial charge in [-0.1, -0.05) is 30.3 Å². The maximum Gasteiger partial charge on any atom is 0.219 e. The molecular formula is C24H27FN4O2. The monoisotopic (exact) mass is 422 g/mol. The van der Waals surface area contributed by atoms with Crippen LogP contribution in [0.2, 0.25) is 0 Å². The standard InChI is InChI=1S/C24H27FN4O2/c1-3-30-21-6-4-5-7-22(21)31-23-13-10-19(16-28-23)17-29-24(26-2)27-15-14-18-8-11-20(25)12-9-18/h4-13,16H,3,14-15,17H2,1-2H3,(H2,26,27,29). The maximum atomic E-state index is 13.0. The quantitative estimate of drug-likeness (QED) is 0.397. The van der Waals surface area contributed by atoms with E-state index in [9.17, 15) is 4.39 Å². The molecule has 3 rings (SSSR count). The molecule has 0 atom stereocenters. The van der Waals surface area contributed by atoms with Crippen molar-refractivity contribution in [3.63, 3.8) is 0 Å². The van der Waals surface area contributed by atoms with Gasteiger partial charge in [-0.2, -0.15) is 0 Å². The lowest BCUT2D eigenvalue weighted by molar-refractivity contribution is 0.319. The van der Waals surface area contributed by atoms with Crippen molar-refractivity contribution >= 4 is 5.96 Å². The zero-order valence-corrected chi connectivity index (χ0v) is 17.8. The Balaban J connectivity index is 1.47. The van der Waals surface area contributed by atoms with Crippen LogP contribution in [0.1, 0.15) is 18.1 Å². The number of nitrogens with zero attached hydrogens (tertiary/aromatic N) is 2. The lowest BCUT2D eigenvalue weighted by atomic mass is 10.1. The SMILES string of the molecule is CCOc1ccccc1Oc1ccc(CNC(=NC)NCCc2ccc(F)cc2)cn1. The smallest absolute Gasteiger partial charge is 0.219 e. The van der Waals surface area contributed by atoms with Crippen molar-refractivity contribution < 1.29 is 13.9 Å². The van der Waals surface area contributed by atoms with Crippen molar-refractivity contribution in [3.05, 3.63) is 83.8 Å². The van der Waals surface area contributed by atoms with E-state index in [1.54, 1.807) is 25.4 Å². The number of guanidine groups is 1. The van der Waals surface area contributed by atoms with Crippen molar-refractivity contribution in [2.45, 2.75) is 19.9 Å². The molecule has 1 aromatic heterocycles. The number of pyridine rings is 1. The Hall–Kier alpha value is -3.61. The second-order valence-corrected chi connectivity index (χ2v) is 6.72. The molecule has 0 aliphatic rings. The van der Waals surface area contributed by atoms with Gasteiger partial charge in [-0.05, 0) is 48.7 Å². The molecule has 6 nitrogen and oxygen atoms in total. The van der Waals surface area contributed by atoms with E-state index in [1.807, 2.05) is 43.3 Å². The lowest BCUT2D eigenvalue weighted by Gasteiger charge is -2.13. The van der Waals surface area contributed by atoms with E-state index in [0.717, 1.165) is 17.5 Å². The van der Waals surface area contributed by atoms with Gasteiger partial charge < -0.3 is 20.1 Å². The Kier molecular flexibility index (Phi) is 8.22. The molecule has 0 saturated carbocycles. The van der Waals surface area contributed by atoms with Gasteiger partial charge in [-0.3, -0.25) is 4.99 Å². The van der Waals surface area contributed by atoms with Gasteiger partial charge in [-0.15, -0.1) is 0 Å². The van der Waals surface area contributed by atoms with E-state index < -0.39 is 0 Å². The summed E-state index contributed by atoms with van der Waals surface area (Å²) in [6.07, 6.45) is 2.54. The summed E-state index contributed by atoms with van der Waals surface area (Å²) in [5, 5.41) is 6.51. The fraction of sp³-hybridized carbons (Fsp3) is 0.250. The molecule has 2 aromatic carbocycles. The number of nitrogens with one attached hydrogen (secondary N) is 2. The van der Waals surface area contributed by atoms with Gasteiger partial charge in [0.25, 0.3) is 0 Å². The molecule has 3 aromatic rings. The predicted octanol–water partition coefficient (Wildman–Crippen LogP) is 4.32. The van der Waals surface area contributed by atoms with Crippen LogP contribution in [0, 0.1) is 5.82 Å². The van der Waals surface area contributed by atoms with E-state index in [4.69, 9.17) is 9.47 Å². The van der Waals surface area contributed by atoms with Crippen LogP contribution in [0.4, 0.5) is 4.39 Å². The molecule has 0 radical (unpaired) electrons. The van der Waals surface area contributed by atoms with Crippen LogP contribution >= 0.6 is 0 Å². The predicted molar refractivity (Wildman–Crippen MR) is 120 cm³/mol. The highest BCUT2D eigenvalue weighted by molar-refractivity contribution is 5.79. The molecule has 0 saturated heterocycles.